The molecule has 1 heterocycles. The monoisotopic (exact) mass is 283 g/mol. The third-order valence-corrected chi connectivity index (χ3v) is 2.35. The summed E-state index contributed by atoms with van der Waals surface area (Å²) >= 11 is 0. The number of H-pyrrole nitrogens is 1. The van der Waals surface area contributed by atoms with Crippen LogP contribution in [0.25, 0.3) is 0 Å². The quantitative estimate of drug-likeness (QED) is 0.756. The van der Waals surface area contributed by atoms with Gasteiger partial charge in [-0.1, -0.05) is 18.2 Å². The normalized spacial score (nSPS) is 10.6. The van der Waals surface area contributed by atoms with Gasteiger partial charge in [0.15, 0.2) is 0 Å². The van der Waals surface area contributed by atoms with Crippen LogP contribution in [0.4, 0.5) is 14.7 Å². The summed E-state index contributed by atoms with van der Waals surface area (Å²) in [7, 11) is 0. The van der Waals surface area contributed by atoms with Gasteiger partial charge in [0.05, 0.1) is 0 Å². The van der Waals surface area contributed by atoms with Crippen molar-refractivity contribution in [3.63, 3.8) is 0 Å². The summed E-state index contributed by atoms with van der Waals surface area (Å²) in [6, 6.07) is 6.15. The Labute approximate surface area is 112 Å². The van der Waals surface area contributed by atoms with Gasteiger partial charge in [0, 0.05) is 12.1 Å². The number of alkyl halides is 2. The van der Waals surface area contributed by atoms with E-state index in [1.807, 2.05) is 0 Å². The molecule has 0 atom stereocenters. The van der Waals surface area contributed by atoms with E-state index in [0.29, 0.717) is 5.56 Å². The van der Waals surface area contributed by atoms with Gasteiger partial charge < -0.3 is 15.8 Å². The summed E-state index contributed by atoms with van der Waals surface area (Å²) < 4.78 is 28.8. The standard InChI is InChI=1S/C11H11F2N5O2/c12-10(13)20-7-4-2-1-3-6(7)5-15-9(19)8-16-11(14)18-17-8/h1-4,10H,5H2,(H,15,19)(H3,14,16,17,18). The molecule has 0 aliphatic heterocycles. The average Bonchev–Trinajstić information content (AvgIpc) is 2.83. The lowest BCUT2D eigenvalue weighted by atomic mass is 10.2. The van der Waals surface area contributed by atoms with E-state index in [9.17, 15) is 13.6 Å². The lowest BCUT2D eigenvalue weighted by Gasteiger charge is -2.10. The number of para-hydroxylation sites is 1. The number of aromatic amines is 1. The second-order valence-electron chi connectivity index (χ2n) is 3.71. The summed E-state index contributed by atoms with van der Waals surface area (Å²) in [5.74, 6) is -0.674. The van der Waals surface area contributed by atoms with Crippen LogP contribution < -0.4 is 15.8 Å². The second-order valence-corrected chi connectivity index (χ2v) is 3.71. The molecule has 1 aromatic carbocycles. The molecule has 0 unspecified atom stereocenters. The predicted molar refractivity (Wildman–Crippen MR) is 65.0 cm³/mol. The van der Waals surface area contributed by atoms with Gasteiger partial charge in [-0.15, -0.1) is 5.10 Å². The Hall–Kier alpha value is -2.71. The summed E-state index contributed by atoms with van der Waals surface area (Å²) in [6.45, 7) is -2.93. The molecule has 0 spiro atoms. The summed E-state index contributed by atoms with van der Waals surface area (Å²) in [5.41, 5.74) is 5.68. The zero-order valence-corrected chi connectivity index (χ0v) is 10.1. The van der Waals surface area contributed by atoms with Crippen molar-refractivity contribution in [3.05, 3.63) is 35.7 Å². The fourth-order valence-electron chi connectivity index (χ4n) is 1.50. The van der Waals surface area contributed by atoms with Crippen LogP contribution >= 0.6 is 0 Å². The number of carbonyl (C=O) groups is 1. The van der Waals surface area contributed by atoms with Crippen molar-refractivity contribution in [2.24, 2.45) is 0 Å². The molecule has 0 saturated heterocycles. The average molecular weight is 283 g/mol. The third-order valence-electron chi connectivity index (χ3n) is 2.35. The van der Waals surface area contributed by atoms with Crippen molar-refractivity contribution < 1.29 is 18.3 Å². The maximum atomic E-state index is 12.2. The van der Waals surface area contributed by atoms with E-state index in [1.165, 1.54) is 6.07 Å². The summed E-state index contributed by atoms with van der Waals surface area (Å²) in [5, 5.41) is 8.33. The van der Waals surface area contributed by atoms with E-state index in [2.05, 4.69) is 25.2 Å². The highest BCUT2D eigenvalue weighted by molar-refractivity contribution is 5.90. The minimum absolute atomic E-state index is 0.000108. The Morgan fingerprint density at radius 3 is 2.85 bits per heavy atom. The number of halogens is 2. The van der Waals surface area contributed by atoms with Gasteiger partial charge in [0.25, 0.3) is 5.91 Å². The van der Waals surface area contributed by atoms with E-state index in [4.69, 9.17) is 5.73 Å². The van der Waals surface area contributed by atoms with Crippen LogP contribution in [0.1, 0.15) is 16.2 Å². The zero-order valence-electron chi connectivity index (χ0n) is 10.1. The van der Waals surface area contributed by atoms with Crippen molar-refractivity contribution >= 4 is 11.9 Å². The van der Waals surface area contributed by atoms with Crippen molar-refractivity contribution in [2.75, 3.05) is 5.73 Å². The number of rotatable bonds is 5. The number of ether oxygens (including phenoxy) is 1. The van der Waals surface area contributed by atoms with E-state index in [0.717, 1.165) is 0 Å². The van der Waals surface area contributed by atoms with Crippen LogP contribution in [0, 0.1) is 0 Å². The molecule has 0 fully saturated rings. The van der Waals surface area contributed by atoms with Crippen molar-refractivity contribution in [1.82, 2.24) is 20.5 Å². The number of nitrogens with one attached hydrogen (secondary N) is 2. The maximum Gasteiger partial charge on any atom is 0.387 e. The highest BCUT2D eigenvalue weighted by Gasteiger charge is 2.13. The Morgan fingerprint density at radius 1 is 1.45 bits per heavy atom. The molecule has 9 heteroatoms. The van der Waals surface area contributed by atoms with E-state index < -0.39 is 12.5 Å². The SMILES string of the molecule is Nc1n[nH]c(C(=O)NCc2ccccc2OC(F)F)n1. The van der Waals surface area contributed by atoms with Crippen LogP contribution in [-0.4, -0.2) is 27.7 Å². The van der Waals surface area contributed by atoms with Crippen molar-refractivity contribution in [1.29, 1.82) is 0 Å². The first-order chi connectivity index (χ1) is 9.56. The van der Waals surface area contributed by atoms with Crippen LogP contribution in [0.5, 0.6) is 5.75 Å². The molecule has 0 aliphatic carbocycles. The number of hydrogen-bond acceptors (Lipinski definition) is 5. The number of amides is 1. The molecule has 0 aliphatic rings. The minimum atomic E-state index is -2.93. The maximum absolute atomic E-state index is 12.2. The Balaban J connectivity index is 2.02. The molecule has 1 amide bonds. The Morgan fingerprint density at radius 2 is 2.20 bits per heavy atom. The molecular weight excluding hydrogens is 272 g/mol. The number of nitrogens with zero attached hydrogens (tertiary/aromatic N) is 2. The van der Waals surface area contributed by atoms with Gasteiger partial charge in [0.2, 0.25) is 11.8 Å². The van der Waals surface area contributed by atoms with Crippen LogP contribution in [0.15, 0.2) is 24.3 Å². The molecule has 2 rings (SSSR count). The predicted octanol–water partition coefficient (Wildman–Crippen LogP) is 0.918. The highest BCUT2D eigenvalue weighted by Crippen LogP contribution is 2.19. The lowest BCUT2D eigenvalue weighted by Crippen LogP contribution is -2.24. The largest absolute Gasteiger partial charge is 0.434 e. The van der Waals surface area contributed by atoms with Gasteiger partial charge in [-0.2, -0.15) is 13.8 Å². The highest BCUT2D eigenvalue weighted by atomic mass is 19.3. The second kappa shape index (κ2) is 5.95. The number of aromatic nitrogens is 3. The number of hydrogen-bond donors (Lipinski definition) is 3. The third kappa shape index (κ3) is 3.40. The van der Waals surface area contributed by atoms with Gasteiger partial charge in [-0.05, 0) is 6.07 Å². The van der Waals surface area contributed by atoms with Gasteiger partial charge in [-0.25, -0.2) is 0 Å². The molecule has 4 N–H and O–H groups in total. The van der Waals surface area contributed by atoms with Crippen LogP contribution in [-0.2, 0) is 6.54 Å². The fraction of sp³-hybridized carbons (Fsp3) is 0.182. The number of benzene rings is 1. The van der Waals surface area contributed by atoms with E-state index >= 15 is 0 Å². The summed E-state index contributed by atoms with van der Waals surface area (Å²) in [6.07, 6.45) is 0. The van der Waals surface area contributed by atoms with Gasteiger partial charge >= 0.3 is 6.61 Å². The fourth-order valence-corrected chi connectivity index (χ4v) is 1.50. The Kier molecular flexibility index (Phi) is 4.08. The molecule has 1 aromatic heterocycles. The van der Waals surface area contributed by atoms with Gasteiger partial charge in [-0.3, -0.25) is 9.89 Å². The summed E-state index contributed by atoms with van der Waals surface area (Å²) in [4.78, 5) is 15.3. The minimum Gasteiger partial charge on any atom is -0.434 e. The molecular formula is C11H11F2N5O2. The lowest BCUT2D eigenvalue weighted by molar-refractivity contribution is -0.0504. The number of nitrogens with two attached hydrogens (primary N) is 1. The van der Waals surface area contributed by atoms with Crippen molar-refractivity contribution in [2.45, 2.75) is 13.2 Å². The topological polar surface area (TPSA) is 106 Å². The first kappa shape index (κ1) is 13.7. The molecule has 2 aromatic rings. The Bertz CT molecular complexity index is 602. The van der Waals surface area contributed by atoms with E-state index in [-0.39, 0.29) is 24.1 Å². The number of nitrogen functional groups attached to an aromatic ring is 1. The van der Waals surface area contributed by atoms with Gasteiger partial charge in [0.1, 0.15) is 5.75 Å². The number of anilines is 1. The first-order valence-electron chi connectivity index (χ1n) is 5.55. The first-order valence-corrected chi connectivity index (χ1v) is 5.55. The van der Waals surface area contributed by atoms with Crippen LogP contribution in [0.2, 0.25) is 0 Å². The molecule has 0 radical (unpaired) electrons. The molecule has 106 valence electrons. The molecule has 0 bridgehead atoms. The van der Waals surface area contributed by atoms with Crippen LogP contribution in [0.3, 0.4) is 0 Å². The molecule has 20 heavy (non-hydrogen) atoms. The molecule has 7 nitrogen and oxygen atoms in total. The molecule has 0 saturated carbocycles. The zero-order chi connectivity index (χ0) is 14.5. The smallest absolute Gasteiger partial charge is 0.387 e. The van der Waals surface area contributed by atoms with Crippen molar-refractivity contribution in [3.8, 4) is 5.75 Å². The van der Waals surface area contributed by atoms with E-state index in [1.54, 1.807) is 18.2 Å². The number of carbonyl (C=O) groups excluding carboxylic acids is 1.